The number of aliphatic hydroxyl groups is 1. The maximum atomic E-state index is 9.64. The lowest BCUT2D eigenvalue weighted by Gasteiger charge is -2.27. The molecule has 4 heteroatoms. The molecule has 3 atom stereocenters. The number of aliphatic hydroxyl groups excluding tert-OH is 1. The van der Waals surface area contributed by atoms with Crippen LogP contribution in [0.4, 0.5) is 0 Å². The predicted octanol–water partition coefficient (Wildman–Crippen LogP) is 1.22. The Kier molecular flexibility index (Phi) is 2.96. The molecular weight excluding hydrogens is 228 g/mol. The van der Waals surface area contributed by atoms with Crippen LogP contribution in [-0.4, -0.2) is 34.2 Å². The largest absolute Gasteiger partial charge is 0.508 e. The van der Waals surface area contributed by atoms with Crippen molar-refractivity contribution in [2.45, 2.75) is 43.9 Å². The molecule has 0 radical (unpaired) electrons. The van der Waals surface area contributed by atoms with Crippen molar-refractivity contribution in [3.8, 4) is 5.75 Å². The van der Waals surface area contributed by atoms with Gasteiger partial charge in [-0.05, 0) is 37.0 Å². The van der Waals surface area contributed by atoms with E-state index in [0.29, 0.717) is 17.8 Å². The topological polar surface area (TPSA) is 64.9 Å². The summed E-state index contributed by atoms with van der Waals surface area (Å²) in [5.41, 5.74) is 1.06. The molecule has 4 nitrogen and oxygen atoms in total. The van der Waals surface area contributed by atoms with E-state index in [2.05, 4.69) is 10.3 Å². The molecule has 0 aromatic heterocycles. The van der Waals surface area contributed by atoms with E-state index in [1.807, 2.05) is 12.1 Å². The third-order valence-electron chi connectivity index (χ3n) is 3.74. The number of aliphatic imine (C=N–C) groups is 1. The lowest BCUT2D eigenvalue weighted by Crippen LogP contribution is -2.41. The third kappa shape index (κ3) is 2.34. The number of nitrogens with one attached hydrogen (secondary N) is 1. The van der Waals surface area contributed by atoms with Crippen LogP contribution >= 0.6 is 0 Å². The molecule has 1 fully saturated rings. The fraction of sp³-hybridized carbons (Fsp3) is 0.500. The van der Waals surface area contributed by atoms with E-state index in [1.165, 1.54) is 0 Å². The minimum absolute atomic E-state index is 0.186. The fourth-order valence-corrected chi connectivity index (χ4v) is 2.85. The van der Waals surface area contributed by atoms with Crippen LogP contribution in [0.25, 0.3) is 0 Å². The van der Waals surface area contributed by atoms with Crippen LogP contribution < -0.4 is 5.32 Å². The van der Waals surface area contributed by atoms with Crippen LogP contribution in [-0.2, 0) is 6.42 Å². The van der Waals surface area contributed by atoms with Crippen molar-refractivity contribution in [2.24, 2.45) is 4.99 Å². The molecule has 1 aliphatic heterocycles. The van der Waals surface area contributed by atoms with Crippen LogP contribution in [0.3, 0.4) is 0 Å². The van der Waals surface area contributed by atoms with E-state index in [9.17, 15) is 10.2 Å². The van der Waals surface area contributed by atoms with Crippen molar-refractivity contribution in [3.05, 3.63) is 29.8 Å². The molecule has 3 unspecified atom stereocenters. The van der Waals surface area contributed by atoms with Gasteiger partial charge in [0.15, 0.2) is 0 Å². The molecule has 96 valence electrons. The number of fused-ring (bicyclic) bond motifs is 1. The SMILES string of the molecule is Oc1cccc(CC2=NC3CCC(O)CC3N2)c1. The third-order valence-corrected chi connectivity index (χ3v) is 3.74. The Labute approximate surface area is 106 Å². The molecule has 1 aromatic rings. The highest BCUT2D eigenvalue weighted by Crippen LogP contribution is 2.26. The first-order valence-corrected chi connectivity index (χ1v) is 6.50. The van der Waals surface area contributed by atoms with Crippen molar-refractivity contribution >= 4 is 5.84 Å². The number of phenols is 1. The Morgan fingerprint density at radius 2 is 2.22 bits per heavy atom. The van der Waals surface area contributed by atoms with Crippen LogP contribution in [0.2, 0.25) is 0 Å². The van der Waals surface area contributed by atoms with Gasteiger partial charge in [0, 0.05) is 6.42 Å². The molecule has 0 amide bonds. The molecule has 2 aliphatic rings. The van der Waals surface area contributed by atoms with Gasteiger partial charge in [0.1, 0.15) is 11.6 Å². The molecule has 3 N–H and O–H groups in total. The van der Waals surface area contributed by atoms with Crippen LogP contribution in [0.15, 0.2) is 29.3 Å². The Bertz CT molecular complexity index is 473. The number of rotatable bonds is 2. The Hall–Kier alpha value is -1.55. The number of phenolic OH excluding ortho intramolecular Hbond substituents is 1. The maximum Gasteiger partial charge on any atom is 0.115 e. The van der Waals surface area contributed by atoms with Gasteiger partial charge in [-0.25, -0.2) is 0 Å². The molecule has 0 bridgehead atoms. The van der Waals surface area contributed by atoms with E-state index in [4.69, 9.17) is 0 Å². The average molecular weight is 246 g/mol. The predicted molar refractivity (Wildman–Crippen MR) is 69.8 cm³/mol. The fourth-order valence-electron chi connectivity index (χ4n) is 2.85. The quantitative estimate of drug-likeness (QED) is 0.735. The second-order valence-electron chi connectivity index (χ2n) is 5.21. The zero-order valence-electron chi connectivity index (χ0n) is 10.2. The van der Waals surface area contributed by atoms with Crippen molar-refractivity contribution in [3.63, 3.8) is 0 Å². The van der Waals surface area contributed by atoms with Crippen LogP contribution in [0, 0.1) is 0 Å². The summed E-state index contributed by atoms with van der Waals surface area (Å²) in [6.45, 7) is 0. The second-order valence-corrected chi connectivity index (χ2v) is 5.21. The molecule has 0 spiro atoms. The number of nitrogens with zero attached hydrogens (tertiary/aromatic N) is 1. The van der Waals surface area contributed by atoms with Gasteiger partial charge in [0.25, 0.3) is 0 Å². The van der Waals surface area contributed by atoms with Gasteiger partial charge in [-0.1, -0.05) is 12.1 Å². The standard InChI is InChI=1S/C14H18N2O2/c17-10-3-1-2-9(6-10)7-14-15-12-5-4-11(18)8-13(12)16-14/h1-3,6,11-13,17-18H,4-5,7-8H2,(H,15,16). The molecule has 3 rings (SSSR count). The Balaban J connectivity index is 1.68. The summed E-state index contributed by atoms with van der Waals surface area (Å²) >= 11 is 0. The second kappa shape index (κ2) is 4.61. The van der Waals surface area contributed by atoms with Crippen molar-refractivity contribution in [2.75, 3.05) is 0 Å². The van der Waals surface area contributed by atoms with E-state index in [-0.39, 0.29) is 6.10 Å². The van der Waals surface area contributed by atoms with E-state index < -0.39 is 0 Å². The van der Waals surface area contributed by atoms with Gasteiger partial charge < -0.3 is 15.5 Å². The minimum Gasteiger partial charge on any atom is -0.508 e. The lowest BCUT2D eigenvalue weighted by molar-refractivity contribution is 0.112. The number of hydrogen-bond donors (Lipinski definition) is 3. The summed E-state index contributed by atoms with van der Waals surface area (Å²) in [6.07, 6.45) is 3.14. The van der Waals surface area contributed by atoms with Gasteiger partial charge in [0.05, 0.1) is 18.2 Å². The molecule has 0 saturated heterocycles. The molecule has 18 heavy (non-hydrogen) atoms. The normalized spacial score (nSPS) is 30.5. The van der Waals surface area contributed by atoms with Gasteiger partial charge in [-0.3, -0.25) is 4.99 Å². The Morgan fingerprint density at radius 1 is 1.33 bits per heavy atom. The van der Waals surface area contributed by atoms with Crippen LogP contribution in [0.1, 0.15) is 24.8 Å². The highest BCUT2D eigenvalue weighted by atomic mass is 16.3. The summed E-state index contributed by atoms with van der Waals surface area (Å²) in [5, 5.41) is 22.5. The zero-order valence-corrected chi connectivity index (χ0v) is 10.2. The van der Waals surface area contributed by atoms with E-state index >= 15 is 0 Å². The van der Waals surface area contributed by atoms with Crippen molar-refractivity contribution in [1.82, 2.24) is 5.32 Å². The number of hydrogen-bond acceptors (Lipinski definition) is 4. The highest BCUT2D eigenvalue weighted by Gasteiger charge is 2.34. The zero-order chi connectivity index (χ0) is 12.5. The number of benzene rings is 1. The summed E-state index contributed by atoms with van der Waals surface area (Å²) in [4.78, 5) is 4.68. The molecular formula is C14H18N2O2. The van der Waals surface area contributed by atoms with E-state index in [1.54, 1.807) is 12.1 Å². The van der Waals surface area contributed by atoms with Gasteiger partial charge >= 0.3 is 0 Å². The lowest BCUT2D eigenvalue weighted by atomic mass is 9.90. The molecule has 1 saturated carbocycles. The summed E-state index contributed by atoms with van der Waals surface area (Å²) in [7, 11) is 0. The number of aromatic hydroxyl groups is 1. The smallest absolute Gasteiger partial charge is 0.115 e. The molecule has 1 aliphatic carbocycles. The average Bonchev–Trinajstić information content (AvgIpc) is 2.70. The van der Waals surface area contributed by atoms with E-state index in [0.717, 1.165) is 37.1 Å². The molecule has 1 aromatic carbocycles. The van der Waals surface area contributed by atoms with Gasteiger partial charge in [-0.2, -0.15) is 0 Å². The summed E-state index contributed by atoms with van der Waals surface area (Å²) in [5.74, 6) is 1.27. The highest BCUT2D eigenvalue weighted by molar-refractivity contribution is 5.86. The van der Waals surface area contributed by atoms with Crippen molar-refractivity contribution in [1.29, 1.82) is 0 Å². The minimum atomic E-state index is -0.186. The first-order valence-electron chi connectivity index (χ1n) is 6.50. The first-order chi connectivity index (χ1) is 8.70. The maximum absolute atomic E-state index is 9.64. The summed E-state index contributed by atoms with van der Waals surface area (Å²) in [6, 6.07) is 7.88. The van der Waals surface area contributed by atoms with Crippen molar-refractivity contribution < 1.29 is 10.2 Å². The molecule has 1 heterocycles. The Morgan fingerprint density at radius 3 is 3.06 bits per heavy atom. The van der Waals surface area contributed by atoms with Gasteiger partial charge in [0.2, 0.25) is 0 Å². The van der Waals surface area contributed by atoms with Gasteiger partial charge in [-0.15, -0.1) is 0 Å². The summed E-state index contributed by atoms with van der Waals surface area (Å²) < 4.78 is 0. The number of amidine groups is 1. The monoisotopic (exact) mass is 246 g/mol. The first kappa shape index (κ1) is 11.5. The van der Waals surface area contributed by atoms with Crippen LogP contribution in [0.5, 0.6) is 5.75 Å².